The highest BCUT2D eigenvalue weighted by molar-refractivity contribution is 6.13. The van der Waals surface area contributed by atoms with Gasteiger partial charge in [0.15, 0.2) is 5.79 Å². The summed E-state index contributed by atoms with van der Waals surface area (Å²) >= 11 is 0. The standard InChI is InChI=1S/C19H24N2O4/c1-14-4-2-3-5-15(14)20-16(22)18(6-7-18)17(23)21-10-8-19(9-11-21)24-12-13-25-19/h2-5H,6-13H2,1H3,(H,20,22). The highest BCUT2D eigenvalue weighted by Crippen LogP contribution is 2.49. The molecule has 0 bridgehead atoms. The molecule has 134 valence electrons. The molecule has 2 heterocycles. The smallest absolute Gasteiger partial charge is 0.240 e. The first-order chi connectivity index (χ1) is 12.0. The van der Waals surface area contributed by atoms with E-state index in [2.05, 4.69) is 5.32 Å². The van der Waals surface area contributed by atoms with Gasteiger partial charge in [0.1, 0.15) is 5.41 Å². The van der Waals surface area contributed by atoms with Crippen LogP contribution in [0.5, 0.6) is 0 Å². The summed E-state index contributed by atoms with van der Waals surface area (Å²) < 4.78 is 11.4. The van der Waals surface area contributed by atoms with E-state index in [0.717, 1.165) is 11.3 Å². The van der Waals surface area contributed by atoms with Crippen LogP contribution in [0, 0.1) is 12.3 Å². The molecule has 1 aromatic carbocycles. The summed E-state index contributed by atoms with van der Waals surface area (Å²) in [5.41, 5.74) is 0.885. The number of rotatable bonds is 3. The van der Waals surface area contributed by atoms with Crippen molar-refractivity contribution in [1.29, 1.82) is 0 Å². The number of carbonyl (C=O) groups excluding carboxylic acids is 2. The molecule has 4 rings (SSSR count). The maximum absolute atomic E-state index is 13.0. The van der Waals surface area contributed by atoms with Gasteiger partial charge in [0.2, 0.25) is 11.8 Å². The van der Waals surface area contributed by atoms with Crippen molar-refractivity contribution < 1.29 is 19.1 Å². The molecule has 1 aromatic rings. The van der Waals surface area contributed by atoms with Crippen LogP contribution in [0.1, 0.15) is 31.2 Å². The van der Waals surface area contributed by atoms with Crippen molar-refractivity contribution in [1.82, 2.24) is 4.90 Å². The van der Waals surface area contributed by atoms with Gasteiger partial charge in [-0.15, -0.1) is 0 Å². The molecular weight excluding hydrogens is 320 g/mol. The molecule has 25 heavy (non-hydrogen) atoms. The van der Waals surface area contributed by atoms with Gasteiger partial charge in [-0.05, 0) is 31.4 Å². The van der Waals surface area contributed by atoms with E-state index >= 15 is 0 Å². The summed E-state index contributed by atoms with van der Waals surface area (Å²) in [4.78, 5) is 27.6. The number of para-hydroxylation sites is 1. The number of piperidine rings is 1. The lowest BCUT2D eigenvalue weighted by Crippen LogP contribution is -2.51. The Balaban J connectivity index is 1.41. The Kier molecular flexibility index (Phi) is 4.04. The Morgan fingerprint density at radius 1 is 1.04 bits per heavy atom. The number of carbonyl (C=O) groups is 2. The topological polar surface area (TPSA) is 67.9 Å². The number of hydrogen-bond acceptors (Lipinski definition) is 4. The second-order valence-corrected chi connectivity index (χ2v) is 7.25. The summed E-state index contributed by atoms with van der Waals surface area (Å²) in [6.45, 7) is 4.35. The molecule has 6 heteroatoms. The fraction of sp³-hybridized carbons (Fsp3) is 0.579. The number of likely N-dealkylation sites (tertiary alicyclic amines) is 1. The van der Waals surface area contributed by atoms with Gasteiger partial charge in [-0.25, -0.2) is 0 Å². The minimum atomic E-state index is -0.885. The van der Waals surface area contributed by atoms with Crippen LogP contribution in [-0.4, -0.2) is 48.8 Å². The molecule has 1 spiro atoms. The highest BCUT2D eigenvalue weighted by Gasteiger charge is 2.58. The molecule has 2 aliphatic heterocycles. The number of benzene rings is 1. The quantitative estimate of drug-likeness (QED) is 0.853. The Morgan fingerprint density at radius 3 is 2.28 bits per heavy atom. The van der Waals surface area contributed by atoms with Crippen LogP contribution in [0.4, 0.5) is 5.69 Å². The first-order valence-electron chi connectivity index (χ1n) is 8.99. The maximum Gasteiger partial charge on any atom is 0.240 e. The number of ether oxygens (including phenoxy) is 2. The molecular formula is C19H24N2O4. The van der Waals surface area contributed by atoms with Crippen LogP contribution in [0.2, 0.25) is 0 Å². The molecule has 1 saturated carbocycles. The highest BCUT2D eigenvalue weighted by atomic mass is 16.7. The van der Waals surface area contributed by atoms with Crippen molar-refractivity contribution in [3.05, 3.63) is 29.8 Å². The molecule has 0 unspecified atom stereocenters. The number of nitrogens with zero attached hydrogens (tertiary/aromatic N) is 1. The van der Waals surface area contributed by atoms with E-state index in [0.29, 0.717) is 52.0 Å². The normalized spacial score (nSPS) is 23.5. The van der Waals surface area contributed by atoms with Crippen LogP contribution < -0.4 is 5.32 Å². The van der Waals surface area contributed by atoms with E-state index in [9.17, 15) is 9.59 Å². The fourth-order valence-corrected chi connectivity index (χ4v) is 3.76. The minimum Gasteiger partial charge on any atom is -0.347 e. The third-order valence-electron chi connectivity index (χ3n) is 5.61. The fourth-order valence-electron chi connectivity index (χ4n) is 3.76. The van der Waals surface area contributed by atoms with Gasteiger partial charge in [0, 0.05) is 31.6 Å². The molecule has 3 aliphatic rings. The lowest BCUT2D eigenvalue weighted by atomic mass is 9.98. The SMILES string of the molecule is Cc1ccccc1NC(=O)C1(C(=O)N2CCC3(CC2)OCCO3)CC1. The van der Waals surface area contributed by atoms with E-state index in [1.54, 1.807) is 4.90 Å². The van der Waals surface area contributed by atoms with Crippen LogP contribution >= 0.6 is 0 Å². The molecule has 2 saturated heterocycles. The average Bonchev–Trinajstić information content (AvgIpc) is 3.33. The second kappa shape index (κ2) is 6.11. The lowest BCUT2D eigenvalue weighted by molar-refractivity contribution is -0.188. The van der Waals surface area contributed by atoms with Crippen molar-refractivity contribution >= 4 is 17.5 Å². The number of amides is 2. The number of aryl methyl sites for hydroxylation is 1. The third-order valence-corrected chi connectivity index (χ3v) is 5.61. The molecule has 6 nitrogen and oxygen atoms in total. The van der Waals surface area contributed by atoms with Gasteiger partial charge in [0.05, 0.1) is 13.2 Å². The zero-order chi connectivity index (χ0) is 17.5. The predicted octanol–water partition coefficient (Wildman–Crippen LogP) is 2.08. The van der Waals surface area contributed by atoms with Crippen LogP contribution in [0.25, 0.3) is 0 Å². The zero-order valence-corrected chi connectivity index (χ0v) is 14.5. The summed E-state index contributed by atoms with van der Waals surface area (Å²) in [5, 5.41) is 2.95. The van der Waals surface area contributed by atoms with E-state index in [4.69, 9.17) is 9.47 Å². The van der Waals surface area contributed by atoms with Crippen molar-refractivity contribution in [2.24, 2.45) is 5.41 Å². The van der Waals surface area contributed by atoms with E-state index < -0.39 is 11.2 Å². The van der Waals surface area contributed by atoms with E-state index in [1.807, 2.05) is 31.2 Å². The lowest BCUT2D eigenvalue weighted by Gasteiger charge is -2.38. The summed E-state index contributed by atoms with van der Waals surface area (Å²) in [6, 6.07) is 7.63. The van der Waals surface area contributed by atoms with Gasteiger partial charge < -0.3 is 19.7 Å². The van der Waals surface area contributed by atoms with Gasteiger partial charge in [-0.1, -0.05) is 18.2 Å². The van der Waals surface area contributed by atoms with Crippen molar-refractivity contribution in [2.75, 3.05) is 31.6 Å². The molecule has 1 N–H and O–H groups in total. The summed E-state index contributed by atoms with van der Waals surface area (Å²) in [6.07, 6.45) is 2.60. The summed E-state index contributed by atoms with van der Waals surface area (Å²) in [7, 11) is 0. The number of hydrogen-bond donors (Lipinski definition) is 1. The van der Waals surface area contributed by atoms with Gasteiger partial charge in [-0.2, -0.15) is 0 Å². The van der Waals surface area contributed by atoms with Gasteiger partial charge >= 0.3 is 0 Å². The minimum absolute atomic E-state index is 0.0496. The molecule has 1 aliphatic carbocycles. The number of anilines is 1. The summed E-state index contributed by atoms with van der Waals surface area (Å²) in [5.74, 6) is -0.733. The molecule has 0 radical (unpaired) electrons. The van der Waals surface area contributed by atoms with Crippen molar-refractivity contribution in [2.45, 2.75) is 38.4 Å². The van der Waals surface area contributed by atoms with Crippen LogP contribution in [0.3, 0.4) is 0 Å². The number of nitrogens with one attached hydrogen (secondary N) is 1. The van der Waals surface area contributed by atoms with Crippen molar-refractivity contribution in [3.63, 3.8) is 0 Å². The third kappa shape index (κ3) is 2.93. The average molecular weight is 344 g/mol. The molecule has 0 atom stereocenters. The van der Waals surface area contributed by atoms with Gasteiger partial charge in [-0.3, -0.25) is 9.59 Å². The van der Waals surface area contributed by atoms with Gasteiger partial charge in [0.25, 0.3) is 0 Å². The van der Waals surface area contributed by atoms with Crippen molar-refractivity contribution in [3.8, 4) is 0 Å². The molecule has 3 fully saturated rings. The first-order valence-corrected chi connectivity index (χ1v) is 8.99. The largest absolute Gasteiger partial charge is 0.347 e. The Labute approximate surface area is 147 Å². The van der Waals surface area contributed by atoms with Crippen LogP contribution in [0.15, 0.2) is 24.3 Å². The van der Waals surface area contributed by atoms with Crippen LogP contribution in [-0.2, 0) is 19.1 Å². The van der Waals surface area contributed by atoms with E-state index in [1.165, 1.54) is 0 Å². The monoisotopic (exact) mass is 344 g/mol. The maximum atomic E-state index is 13.0. The van der Waals surface area contributed by atoms with E-state index in [-0.39, 0.29) is 11.8 Å². The molecule has 2 amide bonds. The second-order valence-electron chi connectivity index (χ2n) is 7.25. The zero-order valence-electron chi connectivity index (χ0n) is 14.5. The Morgan fingerprint density at radius 2 is 1.68 bits per heavy atom. The Bertz CT molecular complexity index is 682. The molecule has 0 aromatic heterocycles. The Hall–Kier alpha value is -1.92. The first kappa shape index (κ1) is 16.5. The predicted molar refractivity (Wildman–Crippen MR) is 91.9 cm³/mol.